The fourth-order valence-electron chi connectivity index (χ4n) is 2.45. The Labute approximate surface area is 161 Å². The maximum Gasteiger partial charge on any atom is 0.337 e. The van der Waals surface area contributed by atoms with Crippen LogP contribution in [-0.4, -0.2) is 24.0 Å². The summed E-state index contributed by atoms with van der Waals surface area (Å²) < 4.78 is 15.6. The quantitative estimate of drug-likeness (QED) is 0.296. The molecule has 0 N–H and O–H groups in total. The van der Waals surface area contributed by atoms with Gasteiger partial charge in [-0.2, -0.15) is 0 Å². The normalized spacial score (nSPS) is 11.2. The van der Waals surface area contributed by atoms with Crippen molar-refractivity contribution >= 4 is 17.6 Å². The van der Waals surface area contributed by atoms with E-state index in [1.54, 1.807) is 0 Å². The van der Waals surface area contributed by atoms with Crippen LogP contribution in [0.4, 0.5) is 5.69 Å². The Bertz CT molecular complexity index is 893. The average molecular weight is 385 g/mol. The first-order valence-corrected chi connectivity index (χ1v) is 8.23. The summed E-state index contributed by atoms with van der Waals surface area (Å²) in [5, 5.41) is 11.2. The van der Waals surface area contributed by atoms with Gasteiger partial charge in [-0.05, 0) is 11.6 Å². The number of benzene rings is 2. The van der Waals surface area contributed by atoms with E-state index in [-0.39, 0.29) is 29.2 Å². The zero-order chi connectivity index (χ0) is 20.7. The number of nitro benzene ring substituents is 1. The van der Waals surface area contributed by atoms with Crippen molar-refractivity contribution in [2.75, 3.05) is 7.11 Å². The van der Waals surface area contributed by atoms with Gasteiger partial charge in [0.15, 0.2) is 6.10 Å². The van der Waals surface area contributed by atoms with Gasteiger partial charge in [-0.15, -0.1) is 0 Å². The van der Waals surface area contributed by atoms with E-state index in [9.17, 15) is 19.7 Å². The third-order valence-corrected chi connectivity index (χ3v) is 3.77. The Kier molecular flexibility index (Phi) is 6.86. The highest BCUT2D eigenvalue weighted by Crippen LogP contribution is 2.36. The van der Waals surface area contributed by atoms with E-state index in [1.165, 1.54) is 18.2 Å². The number of rotatable bonds is 8. The molecule has 2 rings (SSSR count). The Morgan fingerprint density at radius 2 is 1.86 bits per heavy atom. The van der Waals surface area contributed by atoms with Gasteiger partial charge in [-0.25, -0.2) is 4.79 Å². The largest absolute Gasteiger partial charge is 0.488 e. The van der Waals surface area contributed by atoms with Crippen LogP contribution in [0, 0.1) is 10.1 Å². The second-order valence-corrected chi connectivity index (χ2v) is 5.76. The summed E-state index contributed by atoms with van der Waals surface area (Å²) in [7, 11) is 1.15. The fourth-order valence-corrected chi connectivity index (χ4v) is 2.45. The Morgan fingerprint density at radius 1 is 1.18 bits per heavy atom. The number of carbonyl (C=O) groups is 2. The second-order valence-electron chi connectivity index (χ2n) is 5.76. The van der Waals surface area contributed by atoms with Crippen LogP contribution in [0.5, 0.6) is 5.75 Å². The number of nitro groups is 1. The Balaban J connectivity index is 2.46. The predicted molar refractivity (Wildman–Crippen MR) is 99.5 cm³/mol. The van der Waals surface area contributed by atoms with Crippen LogP contribution >= 0.6 is 0 Å². The van der Waals surface area contributed by atoms with Crippen LogP contribution < -0.4 is 4.74 Å². The predicted octanol–water partition coefficient (Wildman–Crippen LogP) is 3.51. The Hall–Kier alpha value is -3.68. The highest BCUT2D eigenvalue weighted by atomic mass is 16.6. The molecule has 8 nitrogen and oxygen atoms in total. The van der Waals surface area contributed by atoms with Crippen molar-refractivity contribution in [1.29, 1.82) is 0 Å². The highest BCUT2D eigenvalue weighted by Gasteiger charge is 2.29. The molecule has 0 saturated carbocycles. The molecule has 28 heavy (non-hydrogen) atoms. The molecule has 0 heterocycles. The summed E-state index contributed by atoms with van der Waals surface area (Å²) in [4.78, 5) is 34.1. The molecule has 0 bridgehead atoms. The van der Waals surface area contributed by atoms with Gasteiger partial charge in [0, 0.05) is 24.6 Å². The maximum atomic E-state index is 11.9. The van der Waals surface area contributed by atoms with Crippen LogP contribution in [0.25, 0.3) is 0 Å². The summed E-state index contributed by atoms with van der Waals surface area (Å²) in [6, 6.07) is 13.1. The number of esters is 2. The molecule has 1 unspecified atom stereocenters. The first-order chi connectivity index (χ1) is 13.3. The standard InChI is InChI=1S/C20H19NO7/c1-13(20(23)26-3)19(28-14(2)22)17-11-16(21(24)25)9-10-18(17)27-12-15-7-5-4-6-8-15/h4-11,19H,1,12H2,2-3H3. The number of nitrogens with zero attached hydrogens (tertiary/aromatic N) is 1. The number of methoxy groups -OCH3 is 1. The molecule has 0 saturated heterocycles. The summed E-state index contributed by atoms with van der Waals surface area (Å²) in [6.45, 7) is 4.93. The molecule has 0 aliphatic heterocycles. The first kappa shape index (κ1) is 20.6. The van der Waals surface area contributed by atoms with Gasteiger partial charge < -0.3 is 14.2 Å². The van der Waals surface area contributed by atoms with E-state index in [0.717, 1.165) is 19.6 Å². The molecular weight excluding hydrogens is 366 g/mol. The molecule has 2 aromatic rings. The van der Waals surface area contributed by atoms with Gasteiger partial charge >= 0.3 is 11.9 Å². The lowest BCUT2D eigenvalue weighted by Crippen LogP contribution is -2.18. The van der Waals surface area contributed by atoms with E-state index in [1.807, 2.05) is 30.3 Å². The molecule has 8 heteroatoms. The molecule has 0 spiro atoms. The minimum absolute atomic E-state index is 0.121. The molecule has 0 aliphatic rings. The SMILES string of the molecule is C=C(C(=O)OC)C(OC(C)=O)c1cc([N+](=O)[O-])ccc1OCc1ccccc1. The summed E-state index contributed by atoms with van der Waals surface area (Å²) in [6.07, 6.45) is -1.30. The lowest BCUT2D eigenvalue weighted by Gasteiger charge is -2.21. The van der Waals surface area contributed by atoms with E-state index < -0.39 is 23.0 Å². The Morgan fingerprint density at radius 3 is 2.43 bits per heavy atom. The highest BCUT2D eigenvalue weighted by molar-refractivity contribution is 5.89. The third-order valence-electron chi connectivity index (χ3n) is 3.77. The minimum Gasteiger partial charge on any atom is -0.488 e. The van der Waals surface area contributed by atoms with Crippen molar-refractivity contribution in [3.05, 3.63) is 81.9 Å². The minimum atomic E-state index is -1.30. The zero-order valence-corrected chi connectivity index (χ0v) is 15.4. The van der Waals surface area contributed by atoms with Crippen LogP contribution in [-0.2, 0) is 25.7 Å². The molecule has 0 radical (unpaired) electrons. The van der Waals surface area contributed by atoms with E-state index in [4.69, 9.17) is 9.47 Å². The number of hydrogen-bond donors (Lipinski definition) is 0. The van der Waals surface area contributed by atoms with Crippen LogP contribution in [0.1, 0.15) is 24.2 Å². The number of hydrogen-bond acceptors (Lipinski definition) is 7. The van der Waals surface area contributed by atoms with Gasteiger partial charge in [0.2, 0.25) is 0 Å². The van der Waals surface area contributed by atoms with Gasteiger partial charge in [0.25, 0.3) is 5.69 Å². The number of carbonyl (C=O) groups excluding carboxylic acids is 2. The van der Waals surface area contributed by atoms with Crippen molar-refractivity contribution < 1.29 is 28.7 Å². The second kappa shape index (κ2) is 9.31. The van der Waals surface area contributed by atoms with Crippen molar-refractivity contribution in [2.45, 2.75) is 19.6 Å². The van der Waals surface area contributed by atoms with Crippen molar-refractivity contribution in [3.63, 3.8) is 0 Å². The summed E-state index contributed by atoms with van der Waals surface area (Å²) in [5.41, 5.74) is 0.540. The molecule has 2 aromatic carbocycles. The number of non-ortho nitro benzene ring substituents is 1. The van der Waals surface area contributed by atoms with E-state index in [0.29, 0.717) is 0 Å². The number of ether oxygens (including phenoxy) is 3. The molecule has 0 aliphatic carbocycles. The molecule has 1 atom stereocenters. The maximum absolute atomic E-state index is 11.9. The smallest absolute Gasteiger partial charge is 0.337 e. The topological polar surface area (TPSA) is 105 Å². The lowest BCUT2D eigenvalue weighted by atomic mass is 10.0. The van der Waals surface area contributed by atoms with Gasteiger partial charge in [0.05, 0.1) is 17.6 Å². The molecule has 0 fully saturated rings. The summed E-state index contributed by atoms with van der Waals surface area (Å²) >= 11 is 0. The molecular formula is C20H19NO7. The average Bonchev–Trinajstić information content (AvgIpc) is 2.69. The summed E-state index contributed by atoms with van der Waals surface area (Å²) in [5.74, 6) is -1.30. The third kappa shape index (κ3) is 5.16. The van der Waals surface area contributed by atoms with Crippen LogP contribution in [0.3, 0.4) is 0 Å². The first-order valence-electron chi connectivity index (χ1n) is 8.23. The van der Waals surface area contributed by atoms with Gasteiger partial charge in [-0.3, -0.25) is 14.9 Å². The molecule has 0 amide bonds. The lowest BCUT2D eigenvalue weighted by molar-refractivity contribution is -0.385. The van der Waals surface area contributed by atoms with Crippen molar-refractivity contribution in [1.82, 2.24) is 0 Å². The van der Waals surface area contributed by atoms with Gasteiger partial charge in [0.1, 0.15) is 12.4 Å². The van der Waals surface area contributed by atoms with E-state index >= 15 is 0 Å². The van der Waals surface area contributed by atoms with Crippen LogP contribution in [0.2, 0.25) is 0 Å². The zero-order valence-electron chi connectivity index (χ0n) is 15.4. The van der Waals surface area contributed by atoms with Gasteiger partial charge in [-0.1, -0.05) is 36.9 Å². The van der Waals surface area contributed by atoms with Crippen molar-refractivity contribution in [3.8, 4) is 5.75 Å². The fraction of sp³-hybridized carbons (Fsp3) is 0.200. The van der Waals surface area contributed by atoms with E-state index in [2.05, 4.69) is 11.3 Å². The monoisotopic (exact) mass is 385 g/mol. The molecule has 146 valence electrons. The van der Waals surface area contributed by atoms with Crippen LogP contribution in [0.15, 0.2) is 60.7 Å². The molecule has 0 aromatic heterocycles. The van der Waals surface area contributed by atoms with Crippen molar-refractivity contribution in [2.24, 2.45) is 0 Å².